The summed E-state index contributed by atoms with van der Waals surface area (Å²) in [6, 6.07) is 6.15. The number of hydrogen-bond acceptors (Lipinski definition) is 4. The van der Waals surface area contributed by atoms with Gasteiger partial charge in [-0.1, -0.05) is 12.1 Å². The Hall–Kier alpha value is -1.75. The molecule has 1 aromatic carbocycles. The lowest BCUT2D eigenvalue weighted by atomic mass is 10.1. The van der Waals surface area contributed by atoms with Gasteiger partial charge in [0, 0.05) is 5.54 Å². The molecule has 0 heterocycles. The number of phenols is 1. The summed E-state index contributed by atoms with van der Waals surface area (Å²) in [5, 5.41) is 21.0. The minimum absolute atomic E-state index is 0.120. The number of hydrogen-bond donors (Lipinski definition) is 3. The summed E-state index contributed by atoms with van der Waals surface area (Å²) in [6.07, 6.45) is -1.33. The number of aliphatic hydroxyl groups is 1. The summed E-state index contributed by atoms with van der Waals surface area (Å²) in [7, 11) is 0. The molecular formula is C13H19NO4. The van der Waals surface area contributed by atoms with E-state index in [4.69, 9.17) is 9.84 Å². The molecule has 0 aliphatic heterocycles. The van der Waals surface area contributed by atoms with Gasteiger partial charge in [-0.15, -0.1) is 0 Å². The summed E-state index contributed by atoms with van der Waals surface area (Å²) in [5.74, 6) is 0.120. The van der Waals surface area contributed by atoms with Gasteiger partial charge in [-0.25, -0.2) is 4.79 Å². The molecule has 3 N–H and O–H groups in total. The van der Waals surface area contributed by atoms with Crippen molar-refractivity contribution in [2.45, 2.75) is 32.4 Å². The summed E-state index contributed by atoms with van der Waals surface area (Å²) in [6.45, 7) is 5.19. The molecule has 1 aromatic rings. The first kappa shape index (κ1) is 14.3. The monoisotopic (exact) mass is 253 g/mol. The maximum Gasteiger partial charge on any atom is 0.408 e. The van der Waals surface area contributed by atoms with E-state index in [2.05, 4.69) is 5.32 Å². The van der Waals surface area contributed by atoms with Crippen LogP contribution in [0.4, 0.5) is 4.79 Å². The number of alkyl carbamates (subject to hydrolysis) is 1. The van der Waals surface area contributed by atoms with E-state index in [1.54, 1.807) is 12.1 Å². The minimum Gasteiger partial charge on any atom is -0.508 e. The molecule has 1 amide bonds. The van der Waals surface area contributed by atoms with Crippen molar-refractivity contribution < 1.29 is 19.7 Å². The van der Waals surface area contributed by atoms with Crippen molar-refractivity contribution >= 4 is 6.09 Å². The van der Waals surface area contributed by atoms with Gasteiger partial charge in [-0.3, -0.25) is 0 Å². The Kier molecular flexibility index (Phi) is 4.55. The van der Waals surface area contributed by atoms with Gasteiger partial charge in [-0.2, -0.15) is 0 Å². The Balaban J connectivity index is 2.68. The third-order valence-corrected chi connectivity index (χ3v) is 2.16. The van der Waals surface area contributed by atoms with E-state index in [0.717, 1.165) is 0 Å². The molecule has 0 saturated carbocycles. The zero-order valence-corrected chi connectivity index (χ0v) is 10.8. The Morgan fingerprint density at radius 1 is 1.33 bits per heavy atom. The van der Waals surface area contributed by atoms with Gasteiger partial charge in [0.15, 0.2) is 6.10 Å². The molecule has 1 rings (SSSR count). The first-order valence-electron chi connectivity index (χ1n) is 5.70. The summed E-state index contributed by atoms with van der Waals surface area (Å²) in [5.41, 5.74) is 0.228. The van der Waals surface area contributed by atoms with Crippen LogP contribution >= 0.6 is 0 Å². The predicted molar refractivity (Wildman–Crippen MR) is 67.3 cm³/mol. The van der Waals surface area contributed by atoms with Gasteiger partial charge in [0.05, 0.1) is 6.61 Å². The Bertz CT molecular complexity index is 394. The number of aliphatic hydroxyl groups excluding tert-OH is 1. The van der Waals surface area contributed by atoms with Crippen LogP contribution in [0.1, 0.15) is 32.4 Å². The van der Waals surface area contributed by atoms with E-state index >= 15 is 0 Å². The topological polar surface area (TPSA) is 78.8 Å². The van der Waals surface area contributed by atoms with Crippen LogP contribution in [0.25, 0.3) is 0 Å². The molecular weight excluding hydrogens is 234 g/mol. The first-order chi connectivity index (χ1) is 8.31. The molecule has 0 aliphatic rings. The molecule has 0 aliphatic carbocycles. The maximum absolute atomic E-state index is 11.6. The molecule has 1 atom stereocenters. The van der Waals surface area contributed by atoms with E-state index < -0.39 is 17.7 Å². The molecule has 5 heteroatoms. The van der Waals surface area contributed by atoms with Gasteiger partial charge in [0.2, 0.25) is 0 Å². The zero-order chi connectivity index (χ0) is 13.8. The van der Waals surface area contributed by atoms with Crippen molar-refractivity contribution in [2.24, 2.45) is 0 Å². The van der Waals surface area contributed by atoms with Crippen LogP contribution in [0, 0.1) is 0 Å². The van der Waals surface area contributed by atoms with Gasteiger partial charge >= 0.3 is 6.09 Å². The number of amides is 1. The fourth-order valence-electron chi connectivity index (χ4n) is 1.36. The standard InChI is InChI=1S/C13H19NO4/c1-13(2,3)14-12(17)18-11(8-15)9-4-6-10(16)7-5-9/h4-7,11,15-16H,8H2,1-3H3,(H,14,17)/t11-/m0/s1. The highest BCUT2D eigenvalue weighted by molar-refractivity contribution is 5.68. The molecule has 0 spiro atoms. The van der Waals surface area contributed by atoms with E-state index in [1.165, 1.54) is 12.1 Å². The average Bonchev–Trinajstić information content (AvgIpc) is 2.25. The van der Waals surface area contributed by atoms with Crippen molar-refractivity contribution in [3.05, 3.63) is 29.8 Å². The van der Waals surface area contributed by atoms with Gasteiger partial charge in [0.25, 0.3) is 0 Å². The highest BCUT2D eigenvalue weighted by Crippen LogP contribution is 2.20. The van der Waals surface area contributed by atoms with Gasteiger partial charge < -0.3 is 20.3 Å². The van der Waals surface area contributed by atoms with Crippen LogP contribution in [0.5, 0.6) is 5.75 Å². The van der Waals surface area contributed by atoms with Crippen molar-refractivity contribution in [1.29, 1.82) is 0 Å². The van der Waals surface area contributed by atoms with E-state index in [9.17, 15) is 9.90 Å². The lowest BCUT2D eigenvalue weighted by Crippen LogP contribution is -2.41. The smallest absolute Gasteiger partial charge is 0.408 e. The fraction of sp³-hybridized carbons (Fsp3) is 0.462. The number of aromatic hydroxyl groups is 1. The second kappa shape index (κ2) is 5.73. The lowest BCUT2D eigenvalue weighted by Gasteiger charge is -2.23. The van der Waals surface area contributed by atoms with E-state index in [-0.39, 0.29) is 12.4 Å². The highest BCUT2D eigenvalue weighted by Gasteiger charge is 2.19. The van der Waals surface area contributed by atoms with Crippen molar-refractivity contribution in [3.63, 3.8) is 0 Å². The number of phenolic OH excluding ortho intramolecular Hbond substituents is 1. The third-order valence-electron chi connectivity index (χ3n) is 2.16. The normalized spacial score (nSPS) is 12.9. The van der Waals surface area contributed by atoms with Gasteiger partial charge in [-0.05, 0) is 38.5 Å². The zero-order valence-electron chi connectivity index (χ0n) is 10.8. The Morgan fingerprint density at radius 3 is 2.33 bits per heavy atom. The second-order valence-electron chi connectivity index (χ2n) is 5.04. The van der Waals surface area contributed by atoms with Crippen LogP contribution in [0.15, 0.2) is 24.3 Å². The molecule has 0 saturated heterocycles. The molecule has 100 valence electrons. The summed E-state index contributed by atoms with van der Waals surface area (Å²) in [4.78, 5) is 11.6. The Morgan fingerprint density at radius 2 is 1.89 bits per heavy atom. The SMILES string of the molecule is CC(C)(C)NC(=O)O[C@@H](CO)c1ccc(O)cc1. The number of ether oxygens (including phenoxy) is 1. The van der Waals surface area contributed by atoms with Gasteiger partial charge in [0.1, 0.15) is 5.75 Å². The van der Waals surface area contributed by atoms with Crippen LogP contribution < -0.4 is 5.32 Å². The number of carbonyl (C=O) groups excluding carboxylic acids is 1. The summed E-state index contributed by atoms with van der Waals surface area (Å²) < 4.78 is 5.12. The predicted octanol–water partition coefficient (Wildman–Crippen LogP) is 1.95. The minimum atomic E-state index is -0.743. The molecule has 0 aromatic heterocycles. The Labute approximate surface area is 106 Å². The van der Waals surface area contributed by atoms with Crippen molar-refractivity contribution in [2.75, 3.05) is 6.61 Å². The number of rotatable bonds is 3. The lowest BCUT2D eigenvalue weighted by molar-refractivity contribution is 0.0530. The van der Waals surface area contributed by atoms with Crippen LogP contribution in [0.2, 0.25) is 0 Å². The van der Waals surface area contributed by atoms with Crippen LogP contribution in [0.3, 0.4) is 0 Å². The quantitative estimate of drug-likeness (QED) is 0.769. The highest BCUT2D eigenvalue weighted by atomic mass is 16.6. The molecule has 5 nitrogen and oxygen atoms in total. The molecule has 0 radical (unpaired) electrons. The molecule has 0 unspecified atom stereocenters. The van der Waals surface area contributed by atoms with Crippen molar-refractivity contribution in [1.82, 2.24) is 5.32 Å². The van der Waals surface area contributed by atoms with E-state index in [0.29, 0.717) is 5.56 Å². The number of nitrogens with one attached hydrogen (secondary N) is 1. The molecule has 0 bridgehead atoms. The van der Waals surface area contributed by atoms with Crippen LogP contribution in [-0.2, 0) is 4.74 Å². The largest absolute Gasteiger partial charge is 0.508 e. The summed E-state index contributed by atoms with van der Waals surface area (Å²) >= 11 is 0. The second-order valence-corrected chi connectivity index (χ2v) is 5.04. The van der Waals surface area contributed by atoms with E-state index in [1.807, 2.05) is 20.8 Å². The average molecular weight is 253 g/mol. The van der Waals surface area contributed by atoms with Crippen LogP contribution in [-0.4, -0.2) is 28.5 Å². The number of benzene rings is 1. The maximum atomic E-state index is 11.6. The third kappa shape index (κ3) is 4.63. The molecule has 0 fully saturated rings. The van der Waals surface area contributed by atoms with Crippen molar-refractivity contribution in [3.8, 4) is 5.75 Å². The molecule has 18 heavy (non-hydrogen) atoms. The fourth-order valence-corrected chi connectivity index (χ4v) is 1.36. The first-order valence-corrected chi connectivity index (χ1v) is 5.70. The number of carbonyl (C=O) groups is 1.